The van der Waals surface area contributed by atoms with Gasteiger partial charge in [-0.25, -0.2) is 0 Å². The molecule has 1 aliphatic heterocycles. The van der Waals surface area contributed by atoms with Crippen LogP contribution in [-0.4, -0.2) is 29.3 Å². The third-order valence-electron chi connectivity index (χ3n) is 4.50. The van der Waals surface area contributed by atoms with Gasteiger partial charge < -0.3 is 14.6 Å². The highest BCUT2D eigenvalue weighted by atomic mass is 16.5. The summed E-state index contributed by atoms with van der Waals surface area (Å²) in [6.07, 6.45) is 2.60. The highest BCUT2D eigenvalue weighted by Crippen LogP contribution is 2.36. The number of carbonyl (C=O) groups is 1. The Balaban J connectivity index is 1.86. The van der Waals surface area contributed by atoms with Gasteiger partial charge in [-0.05, 0) is 32.3 Å². The summed E-state index contributed by atoms with van der Waals surface area (Å²) in [6.45, 7) is 5.06. The molecule has 1 unspecified atom stereocenters. The predicted molar refractivity (Wildman–Crippen MR) is 83.8 cm³/mol. The van der Waals surface area contributed by atoms with Crippen molar-refractivity contribution in [2.24, 2.45) is 0 Å². The summed E-state index contributed by atoms with van der Waals surface area (Å²) < 4.78 is 10.2. The van der Waals surface area contributed by atoms with E-state index in [2.05, 4.69) is 15.5 Å². The Hall–Kier alpha value is -2.21. The Labute approximate surface area is 135 Å². The fourth-order valence-electron chi connectivity index (χ4n) is 3.01. The molecular formula is C17H21N3O3. The zero-order valence-electron chi connectivity index (χ0n) is 13.4. The van der Waals surface area contributed by atoms with Gasteiger partial charge in [-0.3, -0.25) is 4.79 Å². The van der Waals surface area contributed by atoms with Crippen molar-refractivity contribution >= 4 is 5.91 Å². The number of nitrogens with zero attached hydrogens (tertiary/aromatic N) is 2. The quantitative estimate of drug-likeness (QED) is 0.937. The normalized spacial score (nSPS) is 18.3. The van der Waals surface area contributed by atoms with Gasteiger partial charge in [0.15, 0.2) is 5.82 Å². The molecule has 1 fully saturated rings. The molecule has 1 amide bonds. The number of aromatic nitrogens is 2. The lowest BCUT2D eigenvalue weighted by atomic mass is 9.73. The highest BCUT2D eigenvalue weighted by molar-refractivity contribution is 5.88. The molecular weight excluding hydrogens is 294 g/mol. The molecule has 1 saturated heterocycles. The van der Waals surface area contributed by atoms with Crippen molar-refractivity contribution in [1.29, 1.82) is 0 Å². The maximum absolute atomic E-state index is 13.1. The molecule has 2 aromatic rings. The Morgan fingerprint density at radius 2 is 1.96 bits per heavy atom. The van der Waals surface area contributed by atoms with Crippen LogP contribution in [0.5, 0.6) is 0 Å². The van der Waals surface area contributed by atoms with Gasteiger partial charge in [0, 0.05) is 13.2 Å². The fourth-order valence-corrected chi connectivity index (χ4v) is 3.01. The second kappa shape index (κ2) is 6.50. The third kappa shape index (κ3) is 3.12. The predicted octanol–water partition coefficient (Wildman–Crippen LogP) is 2.30. The monoisotopic (exact) mass is 315 g/mol. The van der Waals surface area contributed by atoms with E-state index >= 15 is 0 Å². The first-order valence-corrected chi connectivity index (χ1v) is 7.84. The van der Waals surface area contributed by atoms with E-state index in [1.807, 2.05) is 38.1 Å². The maximum atomic E-state index is 13.1. The van der Waals surface area contributed by atoms with Crippen LogP contribution in [0.2, 0.25) is 0 Å². The standard InChI is InChI=1S/C17H21N3O3/c1-12-3-5-14(6-4-12)17(7-9-22-10-8-17)16(21)19-13(2)15-18-11-23-20-15/h3-6,11,13H,7-10H2,1-2H3,(H,19,21). The highest BCUT2D eigenvalue weighted by Gasteiger charge is 2.42. The summed E-state index contributed by atoms with van der Waals surface area (Å²) in [7, 11) is 0. The van der Waals surface area contributed by atoms with Crippen LogP contribution < -0.4 is 5.32 Å². The number of carbonyl (C=O) groups excluding carboxylic acids is 1. The van der Waals surface area contributed by atoms with E-state index in [0.717, 1.165) is 5.56 Å². The van der Waals surface area contributed by atoms with Crippen molar-refractivity contribution in [2.75, 3.05) is 13.2 Å². The van der Waals surface area contributed by atoms with E-state index in [0.29, 0.717) is 31.9 Å². The van der Waals surface area contributed by atoms with Gasteiger partial charge in [0.05, 0.1) is 11.5 Å². The smallest absolute Gasteiger partial charge is 0.231 e. The molecule has 0 spiro atoms. The van der Waals surface area contributed by atoms with E-state index in [-0.39, 0.29) is 11.9 Å². The zero-order chi connectivity index (χ0) is 16.3. The van der Waals surface area contributed by atoms with Crippen molar-refractivity contribution in [3.63, 3.8) is 0 Å². The number of aryl methyl sites for hydroxylation is 1. The van der Waals surface area contributed by atoms with Crippen LogP contribution in [0.3, 0.4) is 0 Å². The largest absolute Gasteiger partial charge is 0.381 e. The summed E-state index contributed by atoms with van der Waals surface area (Å²) in [5.41, 5.74) is 1.64. The van der Waals surface area contributed by atoms with Crippen molar-refractivity contribution in [2.45, 2.75) is 38.1 Å². The minimum atomic E-state index is -0.566. The summed E-state index contributed by atoms with van der Waals surface area (Å²) in [5.74, 6) is 0.464. The molecule has 23 heavy (non-hydrogen) atoms. The van der Waals surface area contributed by atoms with E-state index in [1.165, 1.54) is 12.0 Å². The third-order valence-corrected chi connectivity index (χ3v) is 4.50. The Morgan fingerprint density at radius 3 is 2.57 bits per heavy atom. The van der Waals surface area contributed by atoms with E-state index in [1.54, 1.807) is 0 Å². The van der Waals surface area contributed by atoms with Gasteiger partial charge in [0.1, 0.15) is 0 Å². The van der Waals surface area contributed by atoms with Gasteiger partial charge in [-0.2, -0.15) is 4.98 Å². The molecule has 122 valence electrons. The Morgan fingerprint density at radius 1 is 1.26 bits per heavy atom. The second-order valence-corrected chi connectivity index (χ2v) is 6.05. The molecule has 1 aromatic carbocycles. The lowest BCUT2D eigenvalue weighted by molar-refractivity contribution is -0.131. The molecule has 0 radical (unpaired) electrons. The Bertz CT molecular complexity index is 646. The number of rotatable bonds is 4. The fraction of sp³-hybridized carbons (Fsp3) is 0.471. The molecule has 2 heterocycles. The summed E-state index contributed by atoms with van der Waals surface area (Å²) >= 11 is 0. The molecule has 3 rings (SSSR count). The number of hydrogen-bond donors (Lipinski definition) is 1. The van der Waals surface area contributed by atoms with Gasteiger partial charge >= 0.3 is 0 Å². The van der Waals surface area contributed by atoms with Crippen LogP contribution in [0.25, 0.3) is 0 Å². The first-order chi connectivity index (χ1) is 11.1. The molecule has 6 nitrogen and oxygen atoms in total. The molecule has 1 aliphatic rings. The number of nitrogens with one attached hydrogen (secondary N) is 1. The SMILES string of the molecule is Cc1ccc(C2(C(=O)NC(C)c3ncon3)CCOCC2)cc1. The van der Waals surface area contributed by atoms with Crippen LogP contribution in [0, 0.1) is 6.92 Å². The molecule has 6 heteroatoms. The van der Waals surface area contributed by atoms with Gasteiger partial charge in [0.25, 0.3) is 0 Å². The average molecular weight is 315 g/mol. The van der Waals surface area contributed by atoms with Crippen molar-refractivity contribution in [3.8, 4) is 0 Å². The molecule has 1 aromatic heterocycles. The van der Waals surface area contributed by atoms with Crippen molar-refractivity contribution in [3.05, 3.63) is 47.6 Å². The van der Waals surface area contributed by atoms with E-state index in [9.17, 15) is 4.79 Å². The second-order valence-electron chi connectivity index (χ2n) is 6.05. The van der Waals surface area contributed by atoms with Crippen LogP contribution in [0.1, 0.15) is 42.8 Å². The van der Waals surface area contributed by atoms with Crippen LogP contribution in [0.4, 0.5) is 0 Å². The van der Waals surface area contributed by atoms with Crippen molar-refractivity contribution in [1.82, 2.24) is 15.5 Å². The van der Waals surface area contributed by atoms with Gasteiger partial charge in [-0.1, -0.05) is 35.0 Å². The van der Waals surface area contributed by atoms with Crippen LogP contribution in [-0.2, 0) is 14.9 Å². The lowest BCUT2D eigenvalue weighted by Gasteiger charge is -2.37. The van der Waals surface area contributed by atoms with E-state index < -0.39 is 5.41 Å². The summed E-state index contributed by atoms with van der Waals surface area (Å²) in [4.78, 5) is 17.1. The first-order valence-electron chi connectivity index (χ1n) is 7.84. The van der Waals surface area contributed by atoms with Gasteiger partial charge in [-0.15, -0.1) is 0 Å². The Kier molecular flexibility index (Phi) is 4.43. The minimum Gasteiger partial charge on any atom is -0.381 e. The number of benzene rings is 1. The topological polar surface area (TPSA) is 77.3 Å². The zero-order valence-corrected chi connectivity index (χ0v) is 13.4. The number of hydrogen-bond acceptors (Lipinski definition) is 5. The van der Waals surface area contributed by atoms with Crippen LogP contribution >= 0.6 is 0 Å². The van der Waals surface area contributed by atoms with E-state index in [4.69, 9.17) is 9.26 Å². The minimum absolute atomic E-state index is 0.0121. The lowest BCUT2D eigenvalue weighted by Crippen LogP contribution is -2.48. The maximum Gasteiger partial charge on any atom is 0.231 e. The first kappa shape index (κ1) is 15.7. The van der Waals surface area contributed by atoms with Crippen molar-refractivity contribution < 1.29 is 14.1 Å². The molecule has 1 N–H and O–H groups in total. The average Bonchev–Trinajstić information content (AvgIpc) is 3.10. The molecule has 0 bridgehead atoms. The summed E-state index contributed by atoms with van der Waals surface area (Å²) in [6, 6.07) is 7.87. The summed E-state index contributed by atoms with van der Waals surface area (Å²) in [5, 5.41) is 6.82. The number of ether oxygens (including phenoxy) is 1. The van der Waals surface area contributed by atoms with Crippen LogP contribution in [0.15, 0.2) is 35.2 Å². The molecule has 0 aliphatic carbocycles. The van der Waals surface area contributed by atoms with Gasteiger partial charge in [0.2, 0.25) is 12.3 Å². The molecule has 0 saturated carbocycles. The molecule has 1 atom stereocenters. The number of amides is 1.